The molecule has 35 heavy (non-hydrogen) atoms. The quantitative estimate of drug-likeness (QED) is 0.262. The molecule has 174 valence electrons. The molecular weight excluding hydrogens is 508 g/mol. The molecule has 0 unspecified atom stereocenters. The Morgan fingerprint density at radius 3 is 2.40 bits per heavy atom. The largest absolute Gasteiger partial charge is 0.361 e. The summed E-state index contributed by atoms with van der Waals surface area (Å²) in [6, 6.07) is 21.6. The van der Waals surface area contributed by atoms with Gasteiger partial charge in [0.25, 0.3) is 3.79 Å². The summed E-state index contributed by atoms with van der Waals surface area (Å²) in [6.07, 6.45) is 2.44. The van der Waals surface area contributed by atoms with E-state index in [-0.39, 0.29) is 11.6 Å². The topological polar surface area (TPSA) is 58.9 Å². The van der Waals surface area contributed by atoms with Crippen molar-refractivity contribution in [1.29, 1.82) is 0 Å². The summed E-state index contributed by atoms with van der Waals surface area (Å²) in [5.74, 6) is 0.292. The van der Waals surface area contributed by atoms with Gasteiger partial charge in [0, 0.05) is 34.6 Å². The number of aromatic nitrogens is 4. The number of benzene rings is 3. The zero-order valence-electron chi connectivity index (χ0n) is 18.1. The molecule has 9 heteroatoms. The smallest absolute Gasteiger partial charge is 0.250 e. The van der Waals surface area contributed by atoms with Crippen molar-refractivity contribution < 1.29 is 4.39 Å². The lowest BCUT2D eigenvalue weighted by atomic mass is 9.99. The maximum absolute atomic E-state index is 15.1. The summed E-state index contributed by atoms with van der Waals surface area (Å²) >= 11 is 18.9. The molecule has 1 aliphatic heterocycles. The Kier molecular flexibility index (Phi) is 5.40. The molecule has 1 aliphatic rings. The number of halogens is 4. The van der Waals surface area contributed by atoms with Crippen LogP contribution in [0.5, 0.6) is 0 Å². The average molecular weight is 525 g/mol. The number of H-pyrrole nitrogens is 1. The third-order valence-electron chi connectivity index (χ3n) is 6.14. The fraction of sp³-hybridized carbons (Fsp3) is 0.115. The lowest BCUT2D eigenvalue weighted by Crippen LogP contribution is -2.15. The van der Waals surface area contributed by atoms with Crippen LogP contribution in [0.15, 0.2) is 84.0 Å². The first-order valence-corrected chi connectivity index (χ1v) is 12.0. The van der Waals surface area contributed by atoms with Crippen molar-refractivity contribution >= 4 is 51.4 Å². The Labute approximate surface area is 215 Å². The van der Waals surface area contributed by atoms with Crippen LogP contribution in [0.3, 0.4) is 0 Å². The van der Waals surface area contributed by atoms with Gasteiger partial charge in [0.2, 0.25) is 0 Å². The average Bonchev–Trinajstić information content (AvgIpc) is 3.44. The summed E-state index contributed by atoms with van der Waals surface area (Å²) in [5, 5.41) is 9.73. The van der Waals surface area contributed by atoms with Crippen LogP contribution in [-0.2, 0) is 10.2 Å². The molecule has 0 amide bonds. The minimum Gasteiger partial charge on any atom is -0.361 e. The fourth-order valence-corrected chi connectivity index (χ4v) is 4.97. The van der Waals surface area contributed by atoms with Gasteiger partial charge in [0.15, 0.2) is 11.6 Å². The molecule has 3 aromatic carbocycles. The van der Waals surface area contributed by atoms with Crippen molar-refractivity contribution in [1.82, 2.24) is 19.7 Å². The highest BCUT2D eigenvalue weighted by Gasteiger charge is 2.37. The third-order valence-corrected chi connectivity index (χ3v) is 6.65. The Morgan fingerprint density at radius 2 is 1.60 bits per heavy atom. The van der Waals surface area contributed by atoms with E-state index in [2.05, 4.69) is 15.2 Å². The van der Waals surface area contributed by atoms with Crippen molar-refractivity contribution in [3.8, 4) is 5.69 Å². The number of rotatable bonds is 3. The number of aliphatic imine (C=N–C) groups is 1. The number of alkyl halides is 3. The van der Waals surface area contributed by atoms with E-state index in [9.17, 15) is 0 Å². The second-order valence-electron chi connectivity index (χ2n) is 8.27. The molecule has 1 N–H and O–H groups in total. The van der Waals surface area contributed by atoms with E-state index in [1.54, 1.807) is 22.8 Å². The Morgan fingerprint density at radius 1 is 0.886 bits per heavy atom. The molecule has 1 atom stereocenters. The van der Waals surface area contributed by atoms with Crippen molar-refractivity contribution in [3.05, 3.63) is 113 Å². The summed E-state index contributed by atoms with van der Waals surface area (Å²) < 4.78 is 15.0. The number of aromatic amines is 1. The minimum absolute atomic E-state index is 0.152. The van der Waals surface area contributed by atoms with E-state index in [4.69, 9.17) is 39.8 Å². The zero-order valence-corrected chi connectivity index (χ0v) is 20.4. The van der Waals surface area contributed by atoms with Gasteiger partial charge < -0.3 is 4.98 Å². The normalized spacial score (nSPS) is 15.4. The van der Waals surface area contributed by atoms with Crippen molar-refractivity contribution in [3.63, 3.8) is 0 Å². The Bertz CT molecular complexity index is 1600. The Hall–Kier alpha value is -3.19. The third kappa shape index (κ3) is 3.82. The van der Waals surface area contributed by atoms with E-state index >= 15 is 4.39 Å². The van der Waals surface area contributed by atoms with E-state index in [1.807, 2.05) is 54.7 Å². The first-order chi connectivity index (χ1) is 16.9. The highest BCUT2D eigenvalue weighted by molar-refractivity contribution is 6.66. The number of hydrogen-bond acceptors (Lipinski definition) is 3. The maximum Gasteiger partial charge on any atom is 0.250 e. The standard InChI is InChI=1S/C26H17Cl3FN5/c27-26(28,29)25-34-33-24-21(13-15-14-31-20-11-5-2-7-16(15)20)32-23(17-8-1-4-10-19(17)30)18-9-3-6-12-22(18)35(24)25/h1-12,14,21,31H,13H2/t21-/m1/s1. The van der Waals surface area contributed by atoms with Gasteiger partial charge in [-0.3, -0.25) is 9.56 Å². The van der Waals surface area contributed by atoms with Crippen molar-refractivity contribution in [2.24, 2.45) is 4.99 Å². The van der Waals surface area contributed by atoms with Crippen LogP contribution in [0.4, 0.5) is 4.39 Å². The zero-order chi connectivity index (χ0) is 24.2. The monoisotopic (exact) mass is 523 g/mol. The predicted octanol–water partition coefficient (Wildman–Crippen LogP) is 6.85. The van der Waals surface area contributed by atoms with Crippen LogP contribution in [0.25, 0.3) is 16.6 Å². The second kappa shape index (κ2) is 8.48. The van der Waals surface area contributed by atoms with Crippen LogP contribution in [0.2, 0.25) is 0 Å². The predicted molar refractivity (Wildman–Crippen MR) is 137 cm³/mol. The lowest BCUT2D eigenvalue weighted by molar-refractivity contribution is 0.623. The molecule has 5 nitrogen and oxygen atoms in total. The SMILES string of the molecule is Fc1ccccc1C1=N[C@H](Cc2c[nH]c3ccccc23)c2nnc(C(Cl)(Cl)Cl)n2-c2ccccc21. The van der Waals surface area contributed by atoms with Crippen molar-refractivity contribution in [2.45, 2.75) is 16.3 Å². The van der Waals surface area contributed by atoms with Gasteiger partial charge in [-0.05, 0) is 29.8 Å². The summed E-state index contributed by atoms with van der Waals surface area (Å²) in [4.78, 5) is 8.38. The van der Waals surface area contributed by atoms with Crippen molar-refractivity contribution in [2.75, 3.05) is 0 Å². The number of fused-ring (bicyclic) bond motifs is 4. The van der Waals surface area contributed by atoms with Crippen LogP contribution < -0.4 is 0 Å². The molecule has 0 saturated heterocycles. The second-order valence-corrected chi connectivity index (χ2v) is 10.6. The molecular formula is C26H17Cl3FN5. The molecule has 0 spiro atoms. The maximum atomic E-state index is 15.1. The van der Waals surface area contributed by atoms with Crippen LogP contribution in [0.1, 0.15) is 34.4 Å². The highest BCUT2D eigenvalue weighted by atomic mass is 35.6. The van der Waals surface area contributed by atoms with Gasteiger partial charge in [-0.15, -0.1) is 10.2 Å². The number of nitrogens with one attached hydrogen (secondary N) is 1. The Balaban J connectivity index is 1.62. The molecule has 0 bridgehead atoms. The van der Waals surface area contributed by atoms with Gasteiger partial charge in [-0.1, -0.05) is 83.3 Å². The van der Waals surface area contributed by atoms with E-state index < -0.39 is 9.83 Å². The number of hydrogen-bond donors (Lipinski definition) is 1. The fourth-order valence-electron chi connectivity index (χ4n) is 4.60. The molecule has 0 fully saturated rings. The van der Waals surface area contributed by atoms with Crippen LogP contribution in [-0.4, -0.2) is 25.5 Å². The van der Waals surface area contributed by atoms with Crippen LogP contribution >= 0.6 is 34.8 Å². The van der Waals surface area contributed by atoms with E-state index in [0.29, 0.717) is 34.8 Å². The number of nitrogens with zero attached hydrogens (tertiary/aromatic N) is 4. The van der Waals surface area contributed by atoms with Gasteiger partial charge in [-0.2, -0.15) is 0 Å². The van der Waals surface area contributed by atoms with Gasteiger partial charge >= 0.3 is 0 Å². The van der Waals surface area contributed by atoms with E-state index in [0.717, 1.165) is 16.5 Å². The molecule has 5 aromatic rings. The first kappa shape index (κ1) is 22.3. The van der Waals surface area contributed by atoms with Gasteiger partial charge in [0.1, 0.15) is 11.9 Å². The van der Waals surface area contributed by atoms with Gasteiger partial charge in [-0.25, -0.2) is 4.39 Å². The summed E-state index contributed by atoms with van der Waals surface area (Å²) in [7, 11) is 0. The highest BCUT2D eigenvalue weighted by Crippen LogP contribution is 2.42. The summed E-state index contributed by atoms with van der Waals surface area (Å²) in [5.41, 5.74) is 4.30. The molecule has 2 aromatic heterocycles. The van der Waals surface area contributed by atoms with Gasteiger partial charge in [0.05, 0.1) is 11.4 Å². The first-order valence-electron chi connectivity index (χ1n) is 10.9. The molecule has 6 rings (SSSR count). The van der Waals surface area contributed by atoms with Crippen LogP contribution in [0, 0.1) is 5.82 Å². The van der Waals surface area contributed by atoms with E-state index in [1.165, 1.54) is 6.07 Å². The number of para-hydroxylation sites is 2. The summed E-state index contributed by atoms with van der Waals surface area (Å²) in [6.45, 7) is 0. The molecule has 0 saturated carbocycles. The minimum atomic E-state index is -1.83. The lowest BCUT2D eigenvalue weighted by Gasteiger charge is -2.17. The molecule has 0 radical (unpaired) electrons. The molecule has 0 aliphatic carbocycles. The molecule has 3 heterocycles.